The Morgan fingerprint density at radius 2 is 1.58 bits per heavy atom. The lowest BCUT2D eigenvalue weighted by atomic mass is 10.4. The minimum absolute atomic E-state index is 0.435. The van der Waals surface area contributed by atoms with Gasteiger partial charge in [-0.25, -0.2) is 0 Å². The molecule has 0 saturated heterocycles. The number of aliphatic hydroxyl groups is 1. The molecule has 0 spiro atoms. The maximum absolute atomic E-state index is 9.28. The fourth-order valence-electron chi connectivity index (χ4n) is 0.903. The molecular weight excluding hydrogens is 158 g/mol. The van der Waals surface area contributed by atoms with E-state index < -0.39 is 6.23 Å². The molecule has 0 amide bonds. The lowest BCUT2D eigenvalue weighted by Gasteiger charge is -2.24. The van der Waals surface area contributed by atoms with Gasteiger partial charge in [-0.15, -0.1) is 0 Å². The first kappa shape index (κ1) is 11.8. The van der Waals surface area contributed by atoms with Gasteiger partial charge in [0.15, 0.2) is 0 Å². The van der Waals surface area contributed by atoms with Gasteiger partial charge in [0.1, 0.15) is 6.23 Å². The Morgan fingerprint density at radius 1 is 1.17 bits per heavy atom. The first-order chi connectivity index (χ1) is 5.72. The summed E-state index contributed by atoms with van der Waals surface area (Å²) in [7, 11) is 3.30. The molecule has 0 rings (SSSR count). The molecule has 1 atom stereocenters. The van der Waals surface area contributed by atoms with Crippen molar-refractivity contribution >= 4 is 0 Å². The maximum Gasteiger partial charge on any atom is 0.104 e. The smallest absolute Gasteiger partial charge is 0.104 e. The summed E-state index contributed by atoms with van der Waals surface area (Å²) in [5.41, 5.74) is 0. The molecule has 0 aliphatic heterocycles. The number of ether oxygens (including phenoxy) is 2. The van der Waals surface area contributed by atoms with Crippen LogP contribution in [0.15, 0.2) is 0 Å². The second-order valence-corrected chi connectivity index (χ2v) is 2.65. The number of hydrogen-bond acceptors (Lipinski definition) is 4. The van der Waals surface area contributed by atoms with Gasteiger partial charge < -0.3 is 14.6 Å². The van der Waals surface area contributed by atoms with E-state index in [-0.39, 0.29) is 0 Å². The molecule has 0 aromatic carbocycles. The first-order valence-corrected chi connectivity index (χ1v) is 4.12. The van der Waals surface area contributed by atoms with E-state index in [0.29, 0.717) is 13.2 Å². The summed E-state index contributed by atoms with van der Waals surface area (Å²) in [6.45, 7) is 4.48. The summed E-state index contributed by atoms with van der Waals surface area (Å²) in [5.74, 6) is 0. The van der Waals surface area contributed by atoms with Gasteiger partial charge in [0, 0.05) is 27.3 Å². The van der Waals surface area contributed by atoms with E-state index in [1.165, 1.54) is 0 Å². The molecule has 0 radical (unpaired) electrons. The van der Waals surface area contributed by atoms with Gasteiger partial charge in [0.2, 0.25) is 0 Å². The van der Waals surface area contributed by atoms with Crippen LogP contribution in [0.2, 0.25) is 0 Å². The van der Waals surface area contributed by atoms with Crippen LogP contribution in [0.3, 0.4) is 0 Å². The quantitative estimate of drug-likeness (QED) is 0.552. The van der Waals surface area contributed by atoms with Crippen LogP contribution < -0.4 is 0 Å². The minimum Gasteiger partial charge on any atom is -0.383 e. The topological polar surface area (TPSA) is 41.9 Å². The van der Waals surface area contributed by atoms with E-state index >= 15 is 0 Å². The summed E-state index contributed by atoms with van der Waals surface area (Å²) in [4.78, 5) is 1.90. The third-order valence-electron chi connectivity index (χ3n) is 1.69. The van der Waals surface area contributed by atoms with Gasteiger partial charge >= 0.3 is 0 Å². The van der Waals surface area contributed by atoms with Crippen LogP contribution in [0.5, 0.6) is 0 Å². The molecular formula is C8H19NO3. The van der Waals surface area contributed by atoms with Crippen LogP contribution in [0.1, 0.15) is 6.92 Å². The molecule has 0 aliphatic rings. The second kappa shape index (κ2) is 7.49. The van der Waals surface area contributed by atoms with Gasteiger partial charge in [0.05, 0.1) is 13.2 Å². The monoisotopic (exact) mass is 177 g/mol. The van der Waals surface area contributed by atoms with E-state index in [9.17, 15) is 5.11 Å². The lowest BCUT2D eigenvalue weighted by molar-refractivity contribution is -0.00948. The average molecular weight is 177 g/mol. The molecule has 12 heavy (non-hydrogen) atoms. The maximum atomic E-state index is 9.28. The van der Waals surface area contributed by atoms with Crippen molar-refractivity contribution in [3.05, 3.63) is 0 Å². The normalized spacial score (nSPS) is 13.8. The van der Waals surface area contributed by atoms with Crippen molar-refractivity contribution in [3.63, 3.8) is 0 Å². The molecule has 0 aromatic rings. The lowest BCUT2D eigenvalue weighted by Crippen LogP contribution is -2.37. The molecule has 0 heterocycles. The molecule has 4 nitrogen and oxygen atoms in total. The molecule has 1 unspecified atom stereocenters. The Kier molecular flexibility index (Phi) is 7.39. The van der Waals surface area contributed by atoms with E-state index in [0.717, 1.165) is 13.1 Å². The zero-order valence-electron chi connectivity index (χ0n) is 8.12. The highest BCUT2D eigenvalue weighted by molar-refractivity contribution is 4.56. The van der Waals surface area contributed by atoms with Crippen LogP contribution in [-0.4, -0.2) is 56.8 Å². The Labute approximate surface area is 74.1 Å². The predicted octanol–water partition coefficient (Wildman–Crippen LogP) is -0.0805. The standard InChI is InChI=1S/C8H19NO3/c1-8(10)9(4-6-11-2)5-7-12-3/h8,10H,4-7H2,1-3H3. The molecule has 74 valence electrons. The van der Waals surface area contributed by atoms with Crippen molar-refractivity contribution in [1.29, 1.82) is 0 Å². The van der Waals surface area contributed by atoms with Crippen LogP contribution in [0.4, 0.5) is 0 Å². The molecule has 1 N–H and O–H groups in total. The summed E-state index contributed by atoms with van der Waals surface area (Å²) in [6, 6.07) is 0. The zero-order valence-corrected chi connectivity index (χ0v) is 8.12. The van der Waals surface area contributed by atoms with Crippen LogP contribution in [0.25, 0.3) is 0 Å². The Balaban J connectivity index is 3.55. The summed E-state index contributed by atoms with van der Waals surface area (Å²) in [6.07, 6.45) is -0.435. The molecule has 0 saturated carbocycles. The van der Waals surface area contributed by atoms with Crippen molar-refractivity contribution in [1.82, 2.24) is 4.90 Å². The van der Waals surface area contributed by atoms with Gasteiger partial charge in [-0.2, -0.15) is 0 Å². The number of aliphatic hydroxyl groups excluding tert-OH is 1. The molecule has 0 aromatic heterocycles. The van der Waals surface area contributed by atoms with Crippen molar-refractivity contribution in [2.24, 2.45) is 0 Å². The van der Waals surface area contributed by atoms with E-state index in [4.69, 9.17) is 9.47 Å². The third kappa shape index (κ3) is 5.49. The largest absolute Gasteiger partial charge is 0.383 e. The number of rotatable bonds is 7. The highest BCUT2D eigenvalue weighted by atomic mass is 16.5. The van der Waals surface area contributed by atoms with Gasteiger partial charge in [0.25, 0.3) is 0 Å². The van der Waals surface area contributed by atoms with Crippen molar-refractivity contribution in [2.75, 3.05) is 40.5 Å². The zero-order chi connectivity index (χ0) is 9.40. The summed E-state index contributed by atoms with van der Waals surface area (Å²) in [5, 5.41) is 9.28. The molecule has 4 heteroatoms. The SMILES string of the molecule is COCCN(CCOC)C(C)O. The molecule has 0 aliphatic carbocycles. The first-order valence-electron chi connectivity index (χ1n) is 4.12. The van der Waals surface area contributed by atoms with Crippen LogP contribution >= 0.6 is 0 Å². The van der Waals surface area contributed by atoms with Crippen LogP contribution in [-0.2, 0) is 9.47 Å². The average Bonchev–Trinajstić information content (AvgIpc) is 2.04. The number of nitrogens with zero attached hydrogens (tertiary/aromatic N) is 1. The minimum atomic E-state index is -0.435. The van der Waals surface area contributed by atoms with Gasteiger partial charge in [-0.05, 0) is 6.92 Å². The molecule has 0 fully saturated rings. The number of hydrogen-bond donors (Lipinski definition) is 1. The Hall–Kier alpha value is -0.160. The van der Waals surface area contributed by atoms with Gasteiger partial charge in [-0.1, -0.05) is 0 Å². The van der Waals surface area contributed by atoms with Crippen molar-refractivity contribution in [3.8, 4) is 0 Å². The summed E-state index contributed by atoms with van der Waals surface area (Å²) < 4.78 is 9.82. The van der Waals surface area contributed by atoms with Crippen LogP contribution in [0, 0.1) is 0 Å². The van der Waals surface area contributed by atoms with Gasteiger partial charge in [-0.3, -0.25) is 4.90 Å². The van der Waals surface area contributed by atoms with E-state index in [1.807, 2.05) is 4.90 Å². The van der Waals surface area contributed by atoms with E-state index in [1.54, 1.807) is 21.1 Å². The fourth-order valence-corrected chi connectivity index (χ4v) is 0.903. The van der Waals surface area contributed by atoms with Crippen molar-refractivity contribution in [2.45, 2.75) is 13.2 Å². The highest BCUT2D eigenvalue weighted by Gasteiger charge is 2.08. The Bertz CT molecular complexity index is 90.3. The number of methoxy groups -OCH3 is 2. The predicted molar refractivity (Wildman–Crippen MR) is 47.0 cm³/mol. The Morgan fingerprint density at radius 3 is 1.83 bits per heavy atom. The highest BCUT2D eigenvalue weighted by Crippen LogP contribution is 1.94. The van der Waals surface area contributed by atoms with Crippen molar-refractivity contribution < 1.29 is 14.6 Å². The fraction of sp³-hybridized carbons (Fsp3) is 1.00. The third-order valence-corrected chi connectivity index (χ3v) is 1.69. The summed E-state index contributed by atoms with van der Waals surface area (Å²) >= 11 is 0. The molecule has 0 bridgehead atoms. The second-order valence-electron chi connectivity index (χ2n) is 2.65. The van der Waals surface area contributed by atoms with E-state index in [2.05, 4.69) is 0 Å².